The van der Waals surface area contributed by atoms with Crippen LogP contribution in [0.3, 0.4) is 0 Å². The van der Waals surface area contributed by atoms with Gasteiger partial charge in [0.1, 0.15) is 0 Å². The average Bonchev–Trinajstić information content (AvgIpc) is 2.88. The Balaban J connectivity index is 1.80. The topological polar surface area (TPSA) is 47.3 Å². The van der Waals surface area contributed by atoms with E-state index in [-0.39, 0.29) is 11.5 Å². The second-order valence-corrected chi connectivity index (χ2v) is 5.80. The van der Waals surface area contributed by atoms with Crippen molar-refractivity contribution < 1.29 is 13.4 Å². The molecule has 0 aliphatic heterocycles. The van der Waals surface area contributed by atoms with Gasteiger partial charge in [-0.05, 0) is 30.9 Å². The zero-order chi connectivity index (χ0) is 11.4. The van der Waals surface area contributed by atoms with Crippen molar-refractivity contribution in [2.75, 3.05) is 11.5 Å². The van der Waals surface area contributed by atoms with Crippen molar-refractivity contribution >= 4 is 16.6 Å². The predicted octanol–water partition coefficient (Wildman–Crippen LogP) is 2.40. The highest BCUT2D eigenvalue weighted by molar-refractivity contribution is 7.85. The van der Waals surface area contributed by atoms with E-state index in [1.807, 2.05) is 0 Å². The molecule has 0 amide bonds. The number of hydrogen-bond donors (Lipinski definition) is 0. The van der Waals surface area contributed by atoms with Crippen molar-refractivity contribution in [3.63, 3.8) is 0 Å². The maximum absolute atomic E-state index is 11.8. The van der Waals surface area contributed by atoms with Crippen LogP contribution in [0.4, 0.5) is 0 Å². The molecule has 2 rings (SSSR count). The first-order chi connectivity index (χ1) is 7.75. The molecule has 16 heavy (non-hydrogen) atoms. The summed E-state index contributed by atoms with van der Waals surface area (Å²) in [5, 5.41) is 0. The van der Waals surface area contributed by atoms with Gasteiger partial charge in [-0.1, -0.05) is 12.8 Å². The Kier molecular flexibility index (Phi) is 3.93. The smallest absolute Gasteiger partial charge is 0.210 e. The molecule has 0 radical (unpaired) electrons. The highest BCUT2D eigenvalue weighted by Crippen LogP contribution is 2.25. The first kappa shape index (κ1) is 11.6. The van der Waals surface area contributed by atoms with Crippen LogP contribution < -0.4 is 0 Å². The van der Waals surface area contributed by atoms with E-state index >= 15 is 0 Å². The van der Waals surface area contributed by atoms with Gasteiger partial charge < -0.3 is 4.42 Å². The molecule has 1 aliphatic rings. The first-order valence-corrected chi connectivity index (χ1v) is 7.16. The Morgan fingerprint density at radius 1 is 1.44 bits per heavy atom. The molecule has 88 valence electrons. The molecule has 1 fully saturated rings. The van der Waals surface area contributed by atoms with Gasteiger partial charge in [0.25, 0.3) is 0 Å². The number of Topliss-reactive ketones (excluding diaryl/α,β-unsaturated/α-hetero) is 1. The van der Waals surface area contributed by atoms with Crippen molar-refractivity contribution in [3.8, 4) is 0 Å². The third-order valence-electron chi connectivity index (χ3n) is 2.98. The standard InChI is InChI=1S/C12H16O3S/c13-11(12-6-3-7-15-12)9-16(14)8-10-4-1-2-5-10/h3,6-7,10H,1-2,4-5,8-9H2. The van der Waals surface area contributed by atoms with Crippen LogP contribution in [0.5, 0.6) is 0 Å². The SMILES string of the molecule is O=C(CS(=O)CC1CCCC1)c1ccco1. The summed E-state index contributed by atoms with van der Waals surface area (Å²) in [7, 11) is -1.03. The molecule has 1 aromatic heterocycles. The molecule has 0 bridgehead atoms. The molecular weight excluding hydrogens is 224 g/mol. The normalized spacial score (nSPS) is 18.8. The van der Waals surface area contributed by atoms with E-state index in [9.17, 15) is 9.00 Å². The summed E-state index contributed by atoms with van der Waals surface area (Å²) in [6, 6.07) is 3.29. The zero-order valence-electron chi connectivity index (χ0n) is 9.19. The summed E-state index contributed by atoms with van der Waals surface area (Å²) in [4.78, 5) is 11.6. The van der Waals surface area contributed by atoms with E-state index in [4.69, 9.17) is 4.42 Å². The molecule has 1 unspecified atom stereocenters. The van der Waals surface area contributed by atoms with Crippen LogP contribution in [-0.2, 0) is 10.8 Å². The molecule has 1 heterocycles. The van der Waals surface area contributed by atoms with Crippen LogP contribution in [0.1, 0.15) is 36.2 Å². The summed E-state index contributed by atoms with van der Waals surface area (Å²) in [5.41, 5.74) is 0. The van der Waals surface area contributed by atoms with Crippen LogP contribution in [0, 0.1) is 5.92 Å². The van der Waals surface area contributed by atoms with Crippen molar-refractivity contribution in [3.05, 3.63) is 24.2 Å². The minimum atomic E-state index is -1.03. The quantitative estimate of drug-likeness (QED) is 0.742. The lowest BCUT2D eigenvalue weighted by Gasteiger charge is -2.07. The van der Waals surface area contributed by atoms with Crippen LogP contribution in [0.2, 0.25) is 0 Å². The number of hydrogen-bond acceptors (Lipinski definition) is 3. The Bertz CT molecular complexity index is 364. The van der Waals surface area contributed by atoms with Crippen molar-refractivity contribution in [1.29, 1.82) is 0 Å². The number of carbonyl (C=O) groups excluding carboxylic acids is 1. The van der Waals surface area contributed by atoms with Gasteiger partial charge in [0.05, 0.1) is 12.0 Å². The lowest BCUT2D eigenvalue weighted by atomic mass is 10.1. The van der Waals surface area contributed by atoms with Gasteiger partial charge in [0.2, 0.25) is 5.78 Å². The van der Waals surface area contributed by atoms with E-state index in [1.165, 1.54) is 31.9 Å². The summed E-state index contributed by atoms with van der Waals surface area (Å²) in [6.45, 7) is 0. The second kappa shape index (κ2) is 5.43. The molecule has 0 aromatic carbocycles. The lowest BCUT2D eigenvalue weighted by Crippen LogP contribution is -2.16. The lowest BCUT2D eigenvalue weighted by molar-refractivity contribution is 0.0991. The fraction of sp³-hybridized carbons (Fsp3) is 0.583. The fourth-order valence-electron chi connectivity index (χ4n) is 2.15. The zero-order valence-corrected chi connectivity index (χ0v) is 10.0. The van der Waals surface area contributed by atoms with E-state index in [0.717, 1.165) is 0 Å². The molecule has 1 saturated carbocycles. The fourth-order valence-corrected chi connectivity index (χ4v) is 3.57. The maximum atomic E-state index is 11.8. The van der Waals surface area contributed by atoms with Crippen molar-refractivity contribution in [1.82, 2.24) is 0 Å². The van der Waals surface area contributed by atoms with E-state index in [2.05, 4.69) is 0 Å². The number of furan rings is 1. The number of ketones is 1. The van der Waals surface area contributed by atoms with E-state index in [1.54, 1.807) is 12.1 Å². The van der Waals surface area contributed by atoms with Gasteiger partial charge in [-0.3, -0.25) is 9.00 Å². The number of carbonyl (C=O) groups is 1. The van der Waals surface area contributed by atoms with Gasteiger partial charge in [-0.2, -0.15) is 0 Å². The highest BCUT2D eigenvalue weighted by Gasteiger charge is 2.20. The second-order valence-electron chi connectivity index (χ2n) is 4.30. The maximum Gasteiger partial charge on any atom is 0.210 e. The van der Waals surface area contributed by atoms with Crippen molar-refractivity contribution in [2.24, 2.45) is 5.92 Å². The average molecular weight is 240 g/mol. The monoisotopic (exact) mass is 240 g/mol. The van der Waals surface area contributed by atoms with Crippen LogP contribution in [-0.4, -0.2) is 21.5 Å². The molecule has 1 aromatic rings. The third-order valence-corrected chi connectivity index (χ3v) is 4.41. The Morgan fingerprint density at radius 2 is 2.19 bits per heavy atom. The molecule has 1 aliphatic carbocycles. The van der Waals surface area contributed by atoms with Crippen LogP contribution in [0.15, 0.2) is 22.8 Å². The van der Waals surface area contributed by atoms with E-state index in [0.29, 0.717) is 17.4 Å². The third kappa shape index (κ3) is 3.04. The molecule has 0 spiro atoms. The molecular formula is C12H16O3S. The van der Waals surface area contributed by atoms with Crippen LogP contribution in [0.25, 0.3) is 0 Å². The van der Waals surface area contributed by atoms with Gasteiger partial charge in [0.15, 0.2) is 5.76 Å². The predicted molar refractivity (Wildman–Crippen MR) is 62.9 cm³/mol. The Morgan fingerprint density at radius 3 is 2.81 bits per heavy atom. The van der Waals surface area contributed by atoms with Gasteiger partial charge in [-0.25, -0.2) is 0 Å². The van der Waals surface area contributed by atoms with Crippen LogP contribution >= 0.6 is 0 Å². The van der Waals surface area contributed by atoms with Crippen molar-refractivity contribution in [2.45, 2.75) is 25.7 Å². The molecule has 0 N–H and O–H groups in total. The first-order valence-electron chi connectivity index (χ1n) is 5.67. The minimum absolute atomic E-state index is 0.101. The van der Waals surface area contributed by atoms with Gasteiger partial charge in [-0.15, -0.1) is 0 Å². The molecule has 1 atom stereocenters. The summed E-state index contributed by atoms with van der Waals surface area (Å²) in [5.74, 6) is 1.50. The summed E-state index contributed by atoms with van der Waals surface area (Å²) < 4.78 is 16.7. The largest absolute Gasteiger partial charge is 0.461 e. The minimum Gasteiger partial charge on any atom is -0.461 e. The highest BCUT2D eigenvalue weighted by atomic mass is 32.2. The summed E-state index contributed by atoms with van der Waals surface area (Å²) in [6.07, 6.45) is 6.29. The van der Waals surface area contributed by atoms with Gasteiger partial charge >= 0.3 is 0 Å². The van der Waals surface area contributed by atoms with Gasteiger partial charge in [0, 0.05) is 16.6 Å². The Labute approximate surface area is 97.7 Å². The molecule has 4 heteroatoms. The Hall–Kier alpha value is -0.900. The number of rotatable bonds is 5. The molecule has 0 saturated heterocycles. The summed E-state index contributed by atoms with van der Waals surface area (Å²) >= 11 is 0. The van der Waals surface area contributed by atoms with E-state index < -0.39 is 10.8 Å². The molecule has 3 nitrogen and oxygen atoms in total.